The largest absolute Gasteiger partial charge is 0.473 e. The summed E-state index contributed by atoms with van der Waals surface area (Å²) in [5.41, 5.74) is 10.1. The molecule has 0 radical (unpaired) electrons. The molecule has 0 aliphatic carbocycles. The lowest BCUT2D eigenvalue weighted by atomic mass is 10.3. The van der Waals surface area contributed by atoms with E-state index in [9.17, 15) is 0 Å². The molecule has 0 saturated heterocycles. The quantitative estimate of drug-likeness (QED) is 0.765. The summed E-state index contributed by atoms with van der Waals surface area (Å²) >= 11 is 0. The number of hydrogen-bond donors (Lipinski definition) is 2. The van der Waals surface area contributed by atoms with Gasteiger partial charge in [0.15, 0.2) is 11.4 Å². The Morgan fingerprint density at radius 3 is 1.56 bits per heavy atom. The topological polar surface area (TPSA) is 70.5 Å². The van der Waals surface area contributed by atoms with Crippen molar-refractivity contribution in [2.75, 3.05) is 0 Å². The smallest absolute Gasteiger partial charge is 0.152 e. The minimum absolute atomic E-state index is 0.661. The summed E-state index contributed by atoms with van der Waals surface area (Å²) in [6.07, 6.45) is 0. The van der Waals surface area contributed by atoms with Crippen molar-refractivity contribution in [3.63, 3.8) is 0 Å². The Kier molecular flexibility index (Phi) is 3.45. The highest BCUT2D eigenvalue weighted by atomic mass is 16.5. The summed E-state index contributed by atoms with van der Waals surface area (Å²) in [6.45, 7) is 7.14. The summed E-state index contributed by atoms with van der Waals surface area (Å²) in [4.78, 5) is 0. The maximum atomic E-state index is 5.76. The molecule has 4 N–H and O–H groups in total. The van der Waals surface area contributed by atoms with Crippen LogP contribution < -0.4 is 20.9 Å². The van der Waals surface area contributed by atoms with Crippen LogP contribution in [0.5, 0.6) is 11.5 Å². The molecule has 0 aliphatic heterocycles. The van der Waals surface area contributed by atoms with Crippen molar-refractivity contribution in [2.24, 2.45) is 11.5 Å². The summed E-state index contributed by atoms with van der Waals surface area (Å²) in [5, 5.41) is 0. The van der Waals surface area contributed by atoms with Crippen molar-refractivity contribution in [3.8, 4) is 11.5 Å². The Balaban J connectivity index is 2.79. The van der Waals surface area contributed by atoms with Gasteiger partial charge in [-0.2, -0.15) is 0 Å². The standard InChI is InChI=1S/C12H20N2O2/c1-11(2,13)15-9-6-5-7-10(8-9)16-12(3,4)14/h5-8H,13-14H2,1-4H3. The minimum atomic E-state index is -0.711. The predicted molar refractivity (Wildman–Crippen MR) is 64.2 cm³/mol. The van der Waals surface area contributed by atoms with Crippen molar-refractivity contribution < 1.29 is 9.47 Å². The molecule has 0 aromatic heterocycles. The second kappa shape index (κ2) is 4.31. The Morgan fingerprint density at radius 2 is 1.25 bits per heavy atom. The van der Waals surface area contributed by atoms with Gasteiger partial charge in [0.2, 0.25) is 0 Å². The second-order valence-corrected chi connectivity index (χ2v) is 4.89. The third-order valence-corrected chi connectivity index (χ3v) is 1.57. The molecule has 0 bridgehead atoms. The molecule has 0 aliphatic rings. The summed E-state index contributed by atoms with van der Waals surface area (Å²) in [5.74, 6) is 1.32. The molecule has 1 aromatic rings. The fraction of sp³-hybridized carbons (Fsp3) is 0.500. The number of ether oxygens (including phenoxy) is 2. The van der Waals surface area contributed by atoms with Crippen LogP contribution in [0.2, 0.25) is 0 Å². The van der Waals surface area contributed by atoms with Crippen LogP contribution in [0.3, 0.4) is 0 Å². The molecule has 4 nitrogen and oxygen atoms in total. The molecule has 0 fully saturated rings. The second-order valence-electron chi connectivity index (χ2n) is 4.89. The van der Waals surface area contributed by atoms with Gasteiger partial charge in [0.05, 0.1) is 0 Å². The molecule has 0 saturated carbocycles. The van der Waals surface area contributed by atoms with Crippen LogP contribution >= 0.6 is 0 Å². The highest BCUT2D eigenvalue weighted by Gasteiger charge is 2.15. The fourth-order valence-electron chi connectivity index (χ4n) is 1.21. The van der Waals surface area contributed by atoms with Gasteiger partial charge in [0.25, 0.3) is 0 Å². The Labute approximate surface area is 96.5 Å². The molecule has 0 spiro atoms. The van der Waals surface area contributed by atoms with E-state index in [0.29, 0.717) is 11.5 Å². The minimum Gasteiger partial charge on any atom is -0.473 e. The van der Waals surface area contributed by atoms with Gasteiger partial charge >= 0.3 is 0 Å². The number of benzene rings is 1. The molecule has 1 rings (SSSR count). The number of hydrogen-bond acceptors (Lipinski definition) is 4. The molecule has 1 aromatic carbocycles. The van der Waals surface area contributed by atoms with Crippen LogP contribution in [0, 0.1) is 0 Å². The van der Waals surface area contributed by atoms with Crippen LogP contribution in [-0.4, -0.2) is 11.4 Å². The van der Waals surface area contributed by atoms with E-state index in [4.69, 9.17) is 20.9 Å². The summed E-state index contributed by atoms with van der Waals surface area (Å²) in [6, 6.07) is 7.25. The van der Waals surface area contributed by atoms with E-state index in [0.717, 1.165) is 0 Å². The van der Waals surface area contributed by atoms with Crippen molar-refractivity contribution in [1.29, 1.82) is 0 Å². The van der Waals surface area contributed by atoms with E-state index < -0.39 is 11.4 Å². The normalized spacial score (nSPS) is 12.4. The highest BCUT2D eigenvalue weighted by Crippen LogP contribution is 2.23. The predicted octanol–water partition coefficient (Wildman–Crippen LogP) is 1.83. The first-order chi connectivity index (χ1) is 7.16. The molecule has 0 unspecified atom stereocenters. The molecule has 4 heteroatoms. The Morgan fingerprint density at radius 1 is 0.875 bits per heavy atom. The first-order valence-corrected chi connectivity index (χ1v) is 5.22. The average molecular weight is 224 g/mol. The molecular weight excluding hydrogens is 204 g/mol. The lowest BCUT2D eigenvalue weighted by molar-refractivity contribution is 0.108. The van der Waals surface area contributed by atoms with Gasteiger partial charge in [0.1, 0.15) is 11.5 Å². The van der Waals surface area contributed by atoms with Crippen LogP contribution in [0.25, 0.3) is 0 Å². The van der Waals surface area contributed by atoms with Crippen molar-refractivity contribution in [1.82, 2.24) is 0 Å². The zero-order valence-electron chi connectivity index (χ0n) is 10.3. The third-order valence-electron chi connectivity index (χ3n) is 1.57. The molecule has 0 heterocycles. The van der Waals surface area contributed by atoms with Gasteiger partial charge in [-0.3, -0.25) is 11.5 Å². The monoisotopic (exact) mass is 224 g/mol. The molecule has 16 heavy (non-hydrogen) atoms. The van der Waals surface area contributed by atoms with E-state index in [1.807, 2.05) is 18.2 Å². The van der Waals surface area contributed by atoms with Gasteiger partial charge < -0.3 is 9.47 Å². The first-order valence-electron chi connectivity index (χ1n) is 5.22. The van der Waals surface area contributed by atoms with Crippen LogP contribution in [0.15, 0.2) is 24.3 Å². The maximum absolute atomic E-state index is 5.76. The Hall–Kier alpha value is -1.26. The average Bonchev–Trinajstić information content (AvgIpc) is 1.96. The van der Waals surface area contributed by atoms with Gasteiger partial charge in [-0.1, -0.05) is 6.07 Å². The van der Waals surface area contributed by atoms with E-state index in [2.05, 4.69) is 0 Å². The van der Waals surface area contributed by atoms with Crippen molar-refractivity contribution in [3.05, 3.63) is 24.3 Å². The number of nitrogens with two attached hydrogens (primary N) is 2. The van der Waals surface area contributed by atoms with Gasteiger partial charge in [-0.25, -0.2) is 0 Å². The van der Waals surface area contributed by atoms with E-state index in [1.165, 1.54) is 0 Å². The summed E-state index contributed by atoms with van der Waals surface area (Å²) in [7, 11) is 0. The van der Waals surface area contributed by atoms with Gasteiger partial charge in [-0.15, -0.1) is 0 Å². The molecule has 90 valence electrons. The molecular formula is C12H20N2O2. The van der Waals surface area contributed by atoms with Crippen LogP contribution in [-0.2, 0) is 0 Å². The highest BCUT2D eigenvalue weighted by molar-refractivity contribution is 5.33. The van der Waals surface area contributed by atoms with E-state index in [1.54, 1.807) is 33.8 Å². The third kappa shape index (κ3) is 5.00. The molecule has 0 atom stereocenters. The van der Waals surface area contributed by atoms with Crippen molar-refractivity contribution >= 4 is 0 Å². The number of rotatable bonds is 4. The van der Waals surface area contributed by atoms with Crippen LogP contribution in [0.4, 0.5) is 0 Å². The van der Waals surface area contributed by atoms with E-state index in [-0.39, 0.29) is 0 Å². The zero-order chi connectivity index (χ0) is 12.4. The maximum Gasteiger partial charge on any atom is 0.152 e. The molecule has 0 amide bonds. The summed E-state index contributed by atoms with van der Waals surface area (Å²) < 4.78 is 11.0. The lowest BCUT2D eigenvalue weighted by Gasteiger charge is -2.23. The first kappa shape index (κ1) is 12.8. The SMILES string of the molecule is CC(C)(N)Oc1cccc(OC(C)(C)N)c1. The van der Waals surface area contributed by atoms with Gasteiger partial charge in [-0.05, 0) is 39.8 Å². The van der Waals surface area contributed by atoms with Crippen LogP contribution in [0.1, 0.15) is 27.7 Å². The van der Waals surface area contributed by atoms with Crippen molar-refractivity contribution in [2.45, 2.75) is 39.1 Å². The van der Waals surface area contributed by atoms with E-state index >= 15 is 0 Å². The van der Waals surface area contributed by atoms with Gasteiger partial charge in [0, 0.05) is 6.07 Å². The lowest BCUT2D eigenvalue weighted by Crippen LogP contribution is -2.39. The Bertz CT molecular complexity index is 320. The fourth-order valence-corrected chi connectivity index (χ4v) is 1.21. The zero-order valence-corrected chi connectivity index (χ0v) is 10.3.